The SMILES string of the molecule is NC(=O)c1coc(-c2c(CCc3ccc(Cl)cc3)ccc(CCC(=O)O)c2CC2CCCC2)n1. The highest BCUT2D eigenvalue weighted by molar-refractivity contribution is 6.30. The van der Waals surface area contributed by atoms with E-state index in [2.05, 4.69) is 4.98 Å². The number of rotatable bonds is 10. The molecule has 1 fully saturated rings. The second-order valence-corrected chi connectivity index (χ2v) is 9.45. The molecule has 2 aromatic carbocycles. The van der Waals surface area contributed by atoms with E-state index in [1.807, 2.05) is 36.4 Å². The minimum absolute atomic E-state index is 0.0549. The number of aromatic nitrogens is 1. The zero-order valence-electron chi connectivity index (χ0n) is 19.1. The van der Waals surface area contributed by atoms with E-state index < -0.39 is 11.9 Å². The number of amides is 1. The monoisotopic (exact) mass is 480 g/mol. The van der Waals surface area contributed by atoms with Crippen molar-refractivity contribution in [3.63, 3.8) is 0 Å². The number of hydrogen-bond donors (Lipinski definition) is 2. The van der Waals surface area contributed by atoms with Crippen molar-refractivity contribution in [3.8, 4) is 11.5 Å². The van der Waals surface area contributed by atoms with Crippen LogP contribution in [0.25, 0.3) is 11.5 Å². The third kappa shape index (κ3) is 5.86. The van der Waals surface area contributed by atoms with Crippen LogP contribution in [0.2, 0.25) is 5.02 Å². The molecule has 0 spiro atoms. The van der Waals surface area contributed by atoms with Crippen LogP contribution in [0.3, 0.4) is 0 Å². The van der Waals surface area contributed by atoms with Crippen LogP contribution in [0.15, 0.2) is 47.1 Å². The third-order valence-electron chi connectivity index (χ3n) is 6.64. The van der Waals surface area contributed by atoms with Gasteiger partial charge >= 0.3 is 5.97 Å². The van der Waals surface area contributed by atoms with Gasteiger partial charge in [0.05, 0.1) is 0 Å². The van der Waals surface area contributed by atoms with Crippen molar-refractivity contribution in [2.45, 2.75) is 57.8 Å². The number of nitrogens with two attached hydrogens (primary N) is 1. The van der Waals surface area contributed by atoms with Crippen molar-refractivity contribution in [2.75, 3.05) is 0 Å². The lowest BCUT2D eigenvalue weighted by atomic mass is 9.85. The van der Waals surface area contributed by atoms with Gasteiger partial charge in [0.1, 0.15) is 6.26 Å². The summed E-state index contributed by atoms with van der Waals surface area (Å²) in [5.74, 6) is -0.561. The summed E-state index contributed by atoms with van der Waals surface area (Å²) in [5.41, 5.74) is 10.7. The van der Waals surface area contributed by atoms with Crippen molar-refractivity contribution >= 4 is 23.5 Å². The van der Waals surface area contributed by atoms with Gasteiger partial charge < -0.3 is 15.3 Å². The predicted molar refractivity (Wildman–Crippen MR) is 131 cm³/mol. The number of aliphatic carboxylic acids is 1. The first-order valence-electron chi connectivity index (χ1n) is 11.8. The second-order valence-electron chi connectivity index (χ2n) is 9.01. The van der Waals surface area contributed by atoms with E-state index in [9.17, 15) is 14.7 Å². The Bertz CT molecular complexity index is 1160. The first-order chi connectivity index (χ1) is 16.4. The van der Waals surface area contributed by atoms with Crippen molar-refractivity contribution in [3.05, 3.63) is 75.6 Å². The Morgan fingerprint density at radius 3 is 2.38 bits per heavy atom. The molecule has 1 aliphatic rings. The molecule has 0 bridgehead atoms. The molecule has 0 aliphatic heterocycles. The summed E-state index contributed by atoms with van der Waals surface area (Å²) < 4.78 is 5.76. The number of nitrogens with zero attached hydrogens (tertiary/aromatic N) is 1. The minimum atomic E-state index is -0.827. The van der Waals surface area contributed by atoms with E-state index in [1.54, 1.807) is 0 Å². The molecule has 1 saturated carbocycles. The number of aryl methyl sites for hydroxylation is 3. The Kier molecular flexibility index (Phi) is 7.68. The first kappa shape index (κ1) is 24.0. The Balaban J connectivity index is 1.76. The van der Waals surface area contributed by atoms with Crippen LogP contribution in [-0.2, 0) is 30.5 Å². The molecule has 4 rings (SSSR count). The highest BCUT2D eigenvalue weighted by Crippen LogP contribution is 2.37. The summed E-state index contributed by atoms with van der Waals surface area (Å²) in [6.45, 7) is 0. The summed E-state index contributed by atoms with van der Waals surface area (Å²) in [6.07, 6.45) is 8.90. The number of carboxylic acids is 1. The average Bonchev–Trinajstić information content (AvgIpc) is 3.50. The standard InChI is InChI=1S/C27H29ClN2O4/c28-21-12-6-17(7-13-21)5-8-20-10-9-19(11-14-24(31)32)22(15-18-3-1-2-4-18)25(20)27-30-23(16-34-27)26(29)33/h6-7,9-10,12-13,16,18H,1-5,8,11,14-15H2,(H2,29,33)(H,31,32). The largest absolute Gasteiger partial charge is 0.481 e. The van der Waals surface area contributed by atoms with E-state index in [1.165, 1.54) is 19.1 Å². The van der Waals surface area contributed by atoms with E-state index in [0.717, 1.165) is 59.9 Å². The zero-order valence-corrected chi connectivity index (χ0v) is 19.8. The normalized spacial score (nSPS) is 13.9. The molecule has 0 atom stereocenters. The molecule has 1 amide bonds. The molecule has 3 aromatic rings. The van der Waals surface area contributed by atoms with E-state index in [-0.39, 0.29) is 12.1 Å². The Hall–Kier alpha value is -3.12. The molecule has 3 N–H and O–H groups in total. The number of carbonyl (C=O) groups is 2. The molecule has 34 heavy (non-hydrogen) atoms. The molecule has 0 saturated heterocycles. The molecule has 178 valence electrons. The maximum Gasteiger partial charge on any atom is 0.303 e. The Morgan fingerprint density at radius 2 is 1.74 bits per heavy atom. The van der Waals surface area contributed by atoms with Crippen LogP contribution in [0, 0.1) is 5.92 Å². The average molecular weight is 481 g/mol. The van der Waals surface area contributed by atoms with Gasteiger partial charge in [-0.15, -0.1) is 0 Å². The third-order valence-corrected chi connectivity index (χ3v) is 6.89. The lowest BCUT2D eigenvalue weighted by Gasteiger charge is -2.20. The van der Waals surface area contributed by atoms with Gasteiger partial charge in [-0.05, 0) is 66.0 Å². The van der Waals surface area contributed by atoms with Gasteiger partial charge in [0.15, 0.2) is 5.69 Å². The van der Waals surface area contributed by atoms with Crippen molar-refractivity contribution in [2.24, 2.45) is 11.7 Å². The number of carbonyl (C=O) groups excluding carboxylic acids is 1. The molecular formula is C27H29ClN2O4. The highest BCUT2D eigenvalue weighted by atomic mass is 35.5. The topological polar surface area (TPSA) is 106 Å². The van der Waals surface area contributed by atoms with Gasteiger partial charge in [0.2, 0.25) is 5.89 Å². The fourth-order valence-corrected chi connectivity index (χ4v) is 4.98. The van der Waals surface area contributed by atoms with Gasteiger partial charge in [-0.3, -0.25) is 9.59 Å². The smallest absolute Gasteiger partial charge is 0.303 e. The summed E-state index contributed by atoms with van der Waals surface area (Å²) in [5, 5.41) is 9.99. The number of oxazole rings is 1. The van der Waals surface area contributed by atoms with Crippen molar-refractivity contribution < 1.29 is 19.1 Å². The van der Waals surface area contributed by atoms with Crippen LogP contribution in [-0.4, -0.2) is 22.0 Å². The lowest BCUT2D eigenvalue weighted by Crippen LogP contribution is -2.12. The number of halogens is 1. The summed E-state index contributed by atoms with van der Waals surface area (Å²) in [6, 6.07) is 11.9. The number of hydrogen-bond acceptors (Lipinski definition) is 4. The fourth-order valence-electron chi connectivity index (χ4n) is 4.86. The second kappa shape index (κ2) is 10.9. The summed E-state index contributed by atoms with van der Waals surface area (Å²) >= 11 is 6.03. The Morgan fingerprint density at radius 1 is 1.03 bits per heavy atom. The van der Waals surface area contributed by atoms with E-state index in [4.69, 9.17) is 21.8 Å². The van der Waals surface area contributed by atoms with Crippen LogP contribution < -0.4 is 5.73 Å². The maximum atomic E-state index is 11.7. The van der Waals surface area contributed by atoms with E-state index in [0.29, 0.717) is 23.3 Å². The minimum Gasteiger partial charge on any atom is -0.481 e. The molecule has 1 heterocycles. The van der Waals surface area contributed by atoms with Crippen molar-refractivity contribution in [1.29, 1.82) is 0 Å². The molecule has 6 nitrogen and oxygen atoms in total. The number of primary amides is 1. The van der Waals surface area contributed by atoms with Crippen molar-refractivity contribution in [1.82, 2.24) is 4.98 Å². The fraction of sp³-hybridized carbons (Fsp3) is 0.370. The van der Waals surface area contributed by atoms with Gasteiger partial charge in [-0.1, -0.05) is 61.5 Å². The summed E-state index contributed by atoms with van der Waals surface area (Å²) in [7, 11) is 0. The zero-order chi connectivity index (χ0) is 24.1. The highest BCUT2D eigenvalue weighted by Gasteiger charge is 2.24. The van der Waals surface area contributed by atoms with Crippen LogP contribution in [0.5, 0.6) is 0 Å². The Labute approximate surface area is 204 Å². The molecule has 0 unspecified atom stereocenters. The van der Waals surface area contributed by atoms with Gasteiger partial charge in [-0.2, -0.15) is 0 Å². The van der Waals surface area contributed by atoms with Gasteiger partial charge in [-0.25, -0.2) is 4.98 Å². The quantitative estimate of drug-likeness (QED) is 0.391. The number of benzene rings is 2. The lowest BCUT2D eigenvalue weighted by molar-refractivity contribution is -0.136. The number of carboxylic acid groups (broad SMARTS) is 1. The molecule has 1 aromatic heterocycles. The molecule has 1 aliphatic carbocycles. The summed E-state index contributed by atoms with van der Waals surface area (Å²) in [4.78, 5) is 27.4. The van der Waals surface area contributed by atoms with Crippen LogP contribution >= 0.6 is 11.6 Å². The first-order valence-corrected chi connectivity index (χ1v) is 12.1. The van der Waals surface area contributed by atoms with Crippen LogP contribution in [0.1, 0.15) is 64.8 Å². The predicted octanol–water partition coefficient (Wildman–Crippen LogP) is 5.63. The van der Waals surface area contributed by atoms with Gasteiger partial charge in [0.25, 0.3) is 5.91 Å². The maximum absolute atomic E-state index is 11.7. The van der Waals surface area contributed by atoms with E-state index >= 15 is 0 Å². The van der Waals surface area contributed by atoms with Gasteiger partial charge in [0, 0.05) is 17.0 Å². The van der Waals surface area contributed by atoms with Crippen LogP contribution in [0.4, 0.5) is 0 Å². The molecule has 7 heteroatoms. The molecule has 0 radical (unpaired) electrons. The molecular weight excluding hydrogens is 452 g/mol.